The molecule has 104 valence electrons. The van der Waals surface area contributed by atoms with Crippen LogP contribution in [-0.4, -0.2) is 21.8 Å². The van der Waals surface area contributed by atoms with Gasteiger partial charge in [-0.25, -0.2) is 0 Å². The Morgan fingerprint density at radius 2 is 1.48 bits per heavy atom. The van der Waals surface area contributed by atoms with Crippen LogP contribution in [0.1, 0.15) is 32.4 Å². The summed E-state index contributed by atoms with van der Waals surface area (Å²) in [6.45, 7) is 0. The third-order valence-corrected chi connectivity index (χ3v) is 3.51. The zero-order valence-corrected chi connectivity index (χ0v) is 11.0. The molecule has 0 saturated carbocycles. The zero-order valence-electron chi connectivity index (χ0n) is 11.0. The molecule has 0 unspecified atom stereocenters. The molecule has 0 aromatic heterocycles. The number of rotatable bonds is 2. The van der Waals surface area contributed by atoms with Crippen molar-refractivity contribution in [3.8, 4) is 5.75 Å². The van der Waals surface area contributed by atoms with E-state index in [1.54, 1.807) is 36.4 Å². The van der Waals surface area contributed by atoms with Crippen LogP contribution in [-0.2, 0) is 0 Å². The van der Waals surface area contributed by atoms with Crippen LogP contribution in [0.4, 0.5) is 0 Å². The van der Waals surface area contributed by atoms with Crippen molar-refractivity contribution in [2.75, 3.05) is 0 Å². The molecule has 2 N–H and O–H groups in total. The molecule has 0 saturated heterocycles. The minimum atomic E-state index is -1.34. The molecule has 0 spiro atoms. The number of ketones is 2. The predicted molar refractivity (Wildman–Crippen MR) is 76.3 cm³/mol. The maximum absolute atomic E-state index is 12.4. The lowest BCUT2D eigenvalue weighted by molar-refractivity contribution is 0.0946. The van der Waals surface area contributed by atoms with Crippen molar-refractivity contribution in [1.29, 1.82) is 0 Å². The first kappa shape index (κ1) is 13.3. The van der Waals surface area contributed by atoms with E-state index >= 15 is 0 Å². The standard InChI is InChI=1S/C17H12O4/c18-14-8-4-3-7-12(14)17(21)13-9-15(19)10-5-1-2-6-11(10)16(13)20/h1-9,17-18,21H/t17-/m1/s1. The minimum Gasteiger partial charge on any atom is -0.508 e. The highest BCUT2D eigenvalue weighted by Crippen LogP contribution is 2.33. The molecule has 1 aliphatic carbocycles. The van der Waals surface area contributed by atoms with E-state index in [0.717, 1.165) is 6.08 Å². The van der Waals surface area contributed by atoms with Gasteiger partial charge < -0.3 is 10.2 Å². The van der Waals surface area contributed by atoms with Crippen LogP contribution >= 0.6 is 0 Å². The lowest BCUT2D eigenvalue weighted by atomic mass is 9.85. The Morgan fingerprint density at radius 3 is 2.19 bits per heavy atom. The van der Waals surface area contributed by atoms with Crippen molar-refractivity contribution in [2.45, 2.75) is 6.10 Å². The van der Waals surface area contributed by atoms with E-state index in [4.69, 9.17) is 0 Å². The fourth-order valence-corrected chi connectivity index (χ4v) is 2.43. The second kappa shape index (κ2) is 5.00. The molecule has 0 amide bonds. The molecule has 1 atom stereocenters. The van der Waals surface area contributed by atoms with Crippen LogP contribution in [0.15, 0.2) is 60.2 Å². The molecule has 0 bridgehead atoms. The summed E-state index contributed by atoms with van der Waals surface area (Å²) in [5, 5.41) is 20.1. The van der Waals surface area contributed by atoms with Gasteiger partial charge in [0.25, 0.3) is 0 Å². The quantitative estimate of drug-likeness (QED) is 0.886. The van der Waals surface area contributed by atoms with Crippen molar-refractivity contribution in [3.05, 3.63) is 76.9 Å². The third-order valence-electron chi connectivity index (χ3n) is 3.51. The number of hydrogen-bond acceptors (Lipinski definition) is 4. The number of Topliss-reactive ketones (excluding diaryl/α,β-unsaturated/α-hetero) is 1. The Hall–Kier alpha value is -2.72. The Kier molecular flexibility index (Phi) is 3.16. The second-order valence-electron chi connectivity index (χ2n) is 4.80. The van der Waals surface area contributed by atoms with E-state index < -0.39 is 11.9 Å². The number of aliphatic hydroxyl groups is 1. The molecule has 2 aromatic carbocycles. The van der Waals surface area contributed by atoms with E-state index in [2.05, 4.69) is 0 Å². The molecule has 1 aliphatic rings. The monoisotopic (exact) mass is 280 g/mol. The maximum Gasteiger partial charge on any atom is 0.192 e. The lowest BCUT2D eigenvalue weighted by Gasteiger charge is -2.20. The number of carbonyl (C=O) groups is 2. The van der Waals surface area contributed by atoms with Gasteiger partial charge in [0.1, 0.15) is 11.9 Å². The van der Waals surface area contributed by atoms with Gasteiger partial charge in [-0.05, 0) is 12.1 Å². The summed E-state index contributed by atoms with van der Waals surface area (Å²) in [6, 6.07) is 12.7. The van der Waals surface area contributed by atoms with E-state index in [0.29, 0.717) is 5.56 Å². The van der Waals surface area contributed by atoms with Crippen LogP contribution in [0.3, 0.4) is 0 Å². The number of benzene rings is 2. The number of phenols is 1. The molecule has 4 heteroatoms. The number of aromatic hydroxyl groups is 1. The molecule has 0 heterocycles. The van der Waals surface area contributed by atoms with Gasteiger partial charge in [-0.2, -0.15) is 0 Å². The number of hydrogen-bond donors (Lipinski definition) is 2. The topological polar surface area (TPSA) is 74.6 Å². The first-order valence-corrected chi connectivity index (χ1v) is 6.45. The van der Waals surface area contributed by atoms with Crippen molar-refractivity contribution in [1.82, 2.24) is 0 Å². The van der Waals surface area contributed by atoms with Crippen LogP contribution in [0.2, 0.25) is 0 Å². The average Bonchev–Trinajstić information content (AvgIpc) is 2.51. The summed E-state index contributed by atoms with van der Waals surface area (Å²) in [7, 11) is 0. The number of aliphatic hydroxyl groups excluding tert-OH is 1. The molecule has 21 heavy (non-hydrogen) atoms. The van der Waals surface area contributed by atoms with E-state index in [1.807, 2.05) is 0 Å². The zero-order chi connectivity index (χ0) is 15.0. The van der Waals surface area contributed by atoms with Crippen molar-refractivity contribution >= 4 is 11.6 Å². The number of phenolic OH excluding ortho intramolecular Hbond substituents is 1. The van der Waals surface area contributed by atoms with Crippen LogP contribution in [0.5, 0.6) is 5.75 Å². The van der Waals surface area contributed by atoms with Gasteiger partial charge in [0, 0.05) is 22.3 Å². The average molecular weight is 280 g/mol. The fourth-order valence-electron chi connectivity index (χ4n) is 2.43. The molecular formula is C17H12O4. The summed E-state index contributed by atoms with van der Waals surface area (Å²) in [5.74, 6) is -0.847. The van der Waals surface area contributed by atoms with Gasteiger partial charge in [-0.3, -0.25) is 9.59 Å². The molecule has 0 aliphatic heterocycles. The number of para-hydroxylation sites is 1. The Balaban J connectivity index is 2.07. The molecule has 2 aromatic rings. The lowest BCUT2D eigenvalue weighted by Crippen LogP contribution is -2.21. The van der Waals surface area contributed by atoms with E-state index in [-0.39, 0.29) is 28.2 Å². The number of allylic oxidation sites excluding steroid dienone is 1. The third kappa shape index (κ3) is 2.15. The SMILES string of the molecule is O=C1C=C([C@H](O)c2ccccc2O)C(=O)c2ccccc21. The fraction of sp³-hybridized carbons (Fsp3) is 0.0588. The van der Waals surface area contributed by atoms with Gasteiger partial charge in [0.15, 0.2) is 11.6 Å². The maximum atomic E-state index is 12.4. The normalized spacial score (nSPS) is 15.4. The molecule has 0 fully saturated rings. The van der Waals surface area contributed by atoms with Crippen LogP contribution < -0.4 is 0 Å². The van der Waals surface area contributed by atoms with Crippen molar-refractivity contribution < 1.29 is 19.8 Å². The van der Waals surface area contributed by atoms with Crippen LogP contribution in [0, 0.1) is 0 Å². The van der Waals surface area contributed by atoms with Gasteiger partial charge in [0.2, 0.25) is 0 Å². The number of fused-ring (bicyclic) bond motifs is 1. The van der Waals surface area contributed by atoms with Crippen LogP contribution in [0.25, 0.3) is 0 Å². The Labute approximate surface area is 121 Å². The molecular weight excluding hydrogens is 268 g/mol. The number of carbonyl (C=O) groups excluding carboxylic acids is 2. The highest BCUT2D eigenvalue weighted by molar-refractivity contribution is 6.24. The summed E-state index contributed by atoms with van der Waals surface area (Å²) >= 11 is 0. The highest BCUT2D eigenvalue weighted by Gasteiger charge is 2.30. The Morgan fingerprint density at radius 1 is 0.857 bits per heavy atom. The van der Waals surface area contributed by atoms with Gasteiger partial charge >= 0.3 is 0 Å². The minimum absolute atomic E-state index is 0.0276. The molecule has 4 nitrogen and oxygen atoms in total. The summed E-state index contributed by atoms with van der Waals surface area (Å²) in [5.41, 5.74) is 0.773. The first-order valence-electron chi connectivity index (χ1n) is 6.45. The summed E-state index contributed by atoms with van der Waals surface area (Å²) in [4.78, 5) is 24.5. The summed E-state index contributed by atoms with van der Waals surface area (Å²) < 4.78 is 0. The Bertz CT molecular complexity index is 774. The predicted octanol–water partition coefficient (Wildman–Crippen LogP) is 2.43. The van der Waals surface area contributed by atoms with Gasteiger partial charge in [-0.15, -0.1) is 0 Å². The smallest absolute Gasteiger partial charge is 0.192 e. The van der Waals surface area contributed by atoms with Crippen molar-refractivity contribution in [3.63, 3.8) is 0 Å². The van der Waals surface area contributed by atoms with Crippen molar-refractivity contribution in [2.24, 2.45) is 0 Å². The summed E-state index contributed by atoms with van der Waals surface area (Å²) in [6.07, 6.45) is -0.196. The first-order chi connectivity index (χ1) is 10.1. The second-order valence-corrected chi connectivity index (χ2v) is 4.80. The largest absolute Gasteiger partial charge is 0.508 e. The van der Waals surface area contributed by atoms with Gasteiger partial charge in [0.05, 0.1) is 0 Å². The molecule has 0 radical (unpaired) electrons. The molecule has 3 rings (SSSR count). The van der Waals surface area contributed by atoms with Gasteiger partial charge in [-0.1, -0.05) is 42.5 Å². The highest BCUT2D eigenvalue weighted by atomic mass is 16.3. The van der Waals surface area contributed by atoms with E-state index in [9.17, 15) is 19.8 Å². The van der Waals surface area contributed by atoms with E-state index in [1.165, 1.54) is 12.1 Å².